The number of alkyl carbamates (subject to hydrolysis) is 1. The molecule has 0 aromatic carbocycles. The minimum Gasteiger partial charge on any atom is -0.444 e. The Morgan fingerprint density at radius 2 is 1.74 bits per heavy atom. The van der Waals surface area contributed by atoms with Crippen LogP contribution in [0.4, 0.5) is 4.79 Å². The number of ether oxygens (including phenoxy) is 1. The van der Waals surface area contributed by atoms with E-state index in [-0.39, 0.29) is 18.2 Å². The lowest BCUT2D eigenvalue weighted by Crippen LogP contribution is -2.59. The standard InChI is InChI=1S/C27H44N4O7S/c1-25(2,3)38-24(35)28-19-14-11-9-7-8-10-13-18-17-27(18,23(34)30-39(36,37)26(4,5)6)29-21(32)20-15-12-16-31(20)22(19)33/h10,13,18-20H,7-9,11-12,14-17H2,1-6H3,(H,28,35)(H,29,32)(H,30,34)/b13-10-/t18-,19+,20+,27-/m1/s1. The third-order valence-electron chi connectivity index (χ3n) is 7.36. The van der Waals surface area contributed by atoms with Crippen LogP contribution in [0.5, 0.6) is 0 Å². The Hall–Kier alpha value is -2.63. The molecule has 2 aliphatic heterocycles. The second kappa shape index (κ2) is 11.5. The number of carbonyl (C=O) groups is 4. The van der Waals surface area contributed by atoms with Gasteiger partial charge in [0.15, 0.2) is 0 Å². The fraction of sp³-hybridized carbons (Fsp3) is 0.778. The Morgan fingerprint density at radius 1 is 1.05 bits per heavy atom. The maximum absolute atomic E-state index is 13.6. The van der Waals surface area contributed by atoms with Gasteiger partial charge in [-0.05, 0) is 80.1 Å². The van der Waals surface area contributed by atoms with Crippen molar-refractivity contribution in [2.45, 2.75) is 121 Å². The molecule has 2 fully saturated rings. The van der Waals surface area contributed by atoms with E-state index in [9.17, 15) is 27.6 Å². The number of nitrogens with zero attached hydrogens (tertiary/aromatic N) is 1. The monoisotopic (exact) mass is 568 g/mol. The molecule has 12 heteroatoms. The first-order valence-electron chi connectivity index (χ1n) is 13.8. The third-order valence-corrected chi connectivity index (χ3v) is 9.43. The Morgan fingerprint density at radius 3 is 2.38 bits per heavy atom. The van der Waals surface area contributed by atoms with Gasteiger partial charge in [-0.25, -0.2) is 13.2 Å². The van der Waals surface area contributed by atoms with E-state index >= 15 is 0 Å². The lowest BCUT2D eigenvalue weighted by molar-refractivity contribution is -0.141. The van der Waals surface area contributed by atoms with Gasteiger partial charge in [-0.3, -0.25) is 19.1 Å². The molecule has 39 heavy (non-hydrogen) atoms. The Labute approximate surface area is 231 Å². The summed E-state index contributed by atoms with van der Waals surface area (Å²) >= 11 is 0. The summed E-state index contributed by atoms with van der Waals surface area (Å²) < 4.78 is 31.8. The summed E-state index contributed by atoms with van der Waals surface area (Å²) in [6, 6.07) is -1.68. The van der Waals surface area contributed by atoms with Gasteiger partial charge in [0.1, 0.15) is 23.2 Å². The fourth-order valence-corrected chi connectivity index (χ4v) is 5.64. The summed E-state index contributed by atoms with van der Waals surface area (Å²) in [5.41, 5.74) is -2.14. The highest BCUT2D eigenvalue weighted by molar-refractivity contribution is 7.91. The van der Waals surface area contributed by atoms with E-state index in [1.807, 2.05) is 12.2 Å². The summed E-state index contributed by atoms with van der Waals surface area (Å²) in [6.45, 7) is 10.0. The van der Waals surface area contributed by atoms with E-state index in [1.54, 1.807) is 20.8 Å². The molecule has 220 valence electrons. The molecule has 4 amide bonds. The van der Waals surface area contributed by atoms with Gasteiger partial charge in [0.05, 0.1) is 4.75 Å². The van der Waals surface area contributed by atoms with Crippen LogP contribution in [0.2, 0.25) is 0 Å². The van der Waals surface area contributed by atoms with Crippen LogP contribution in [0.25, 0.3) is 0 Å². The van der Waals surface area contributed by atoms with Gasteiger partial charge in [-0.15, -0.1) is 0 Å². The van der Waals surface area contributed by atoms with Crippen molar-refractivity contribution >= 4 is 33.8 Å². The number of sulfonamides is 1. The number of fused-ring (bicyclic) bond motifs is 2. The molecule has 3 rings (SSSR count). The minimum absolute atomic E-state index is 0.268. The Balaban J connectivity index is 1.85. The van der Waals surface area contributed by atoms with Crippen LogP contribution in [-0.4, -0.2) is 71.6 Å². The van der Waals surface area contributed by atoms with Crippen molar-refractivity contribution in [1.29, 1.82) is 0 Å². The van der Waals surface area contributed by atoms with Crippen molar-refractivity contribution in [3.05, 3.63) is 12.2 Å². The second-order valence-corrected chi connectivity index (χ2v) is 15.2. The topological polar surface area (TPSA) is 151 Å². The highest BCUT2D eigenvalue weighted by atomic mass is 32.2. The van der Waals surface area contributed by atoms with Crippen LogP contribution < -0.4 is 15.4 Å². The number of carbonyl (C=O) groups excluding carboxylic acids is 4. The molecule has 11 nitrogen and oxygen atoms in total. The zero-order chi connectivity index (χ0) is 29.2. The average Bonchev–Trinajstić information content (AvgIpc) is 3.25. The first kappa shape index (κ1) is 30.9. The molecule has 0 unspecified atom stereocenters. The maximum Gasteiger partial charge on any atom is 0.408 e. The summed E-state index contributed by atoms with van der Waals surface area (Å²) in [7, 11) is -3.99. The molecule has 0 radical (unpaired) electrons. The second-order valence-electron chi connectivity index (χ2n) is 12.8. The van der Waals surface area contributed by atoms with Crippen LogP contribution in [0, 0.1) is 5.92 Å². The van der Waals surface area contributed by atoms with Crippen molar-refractivity contribution in [1.82, 2.24) is 20.3 Å². The summed E-state index contributed by atoms with van der Waals surface area (Å²) in [5.74, 6) is -2.00. The minimum atomic E-state index is -3.99. The van der Waals surface area contributed by atoms with E-state index in [0.29, 0.717) is 32.2 Å². The maximum atomic E-state index is 13.6. The molecule has 4 atom stereocenters. The molecule has 3 N–H and O–H groups in total. The van der Waals surface area contributed by atoms with Gasteiger partial charge in [-0.1, -0.05) is 25.0 Å². The number of allylic oxidation sites excluding steroid dienone is 1. The van der Waals surface area contributed by atoms with Crippen LogP contribution in [0.15, 0.2) is 12.2 Å². The molecule has 3 aliphatic rings. The van der Waals surface area contributed by atoms with Crippen LogP contribution >= 0.6 is 0 Å². The van der Waals surface area contributed by atoms with Crippen LogP contribution in [-0.2, 0) is 29.1 Å². The van der Waals surface area contributed by atoms with Gasteiger partial charge in [0.25, 0.3) is 5.91 Å². The van der Waals surface area contributed by atoms with Crippen molar-refractivity contribution in [3.63, 3.8) is 0 Å². The number of hydrogen-bond donors (Lipinski definition) is 3. The number of rotatable bonds is 3. The number of hydrogen-bond acceptors (Lipinski definition) is 7. The van der Waals surface area contributed by atoms with E-state index in [1.165, 1.54) is 25.7 Å². The van der Waals surface area contributed by atoms with Gasteiger partial charge < -0.3 is 20.3 Å². The van der Waals surface area contributed by atoms with Crippen molar-refractivity contribution in [2.75, 3.05) is 6.54 Å². The number of amides is 4. The smallest absolute Gasteiger partial charge is 0.408 e. The first-order chi connectivity index (χ1) is 18.0. The van der Waals surface area contributed by atoms with E-state index in [4.69, 9.17) is 4.74 Å². The van der Waals surface area contributed by atoms with Crippen molar-refractivity contribution in [2.24, 2.45) is 5.92 Å². The summed E-state index contributed by atoms with van der Waals surface area (Å²) in [5, 5.41) is 5.52. The molecule has 0 aromatic heterocycles. The fourth-order valence-electron chi connectivity index (χ4n) is 4.91. The molecule has 1 saturated carbocycles. The van der Waals surface area contributed by atoms with Gasteiger partial charge in [0.2, 0.25) is 21.8 Å². The molecule has 2 heterocycles. The quantitative estimate of drug-likeness (QED) is 0.443. The molecule has 0 aromatic rings. The average molecular weight is 569 g/mol. The van der Waals surface area contributed by atoms with Gasteiger partial charge in [0, 0.05) is 12.5 Å². The predicted octanol–water partition coefficient (Wildman–Crippen LogP) is 2.51. The molecular formula is C27H44N4O7S. The van der Waals surface area contributed by atoms with E-state index < -0.39 is 55.9 Å². The normalized spacial score (nSPS) is 29.6. The molecule has 1 saturated heterocycles. The van der Waals surface area contributed by atoms with Crippen molar-refractivity contribution < 1.29 is 32.3 Å². The van der Waals surface area contributed by atoms with E-state index in [0.717, 1.165) is 19.3 Å². The van der Waals surface area contributed by atoms with E-state index in [2.05, 4.69) is 15.4 Å². The highest BCUT2D eigenvalue weighted by Crippen LogP contribution is 2.46. The van der Waals surface area contributed by atoms with Gasteiger partial charge in [-0.2, -0.15) is 0 Å². The zero-order valence-electron chi connectivity index (χ0n) is 24.0. The molecular weight excluding hydrogens is 524 g/mol. The van der Waals surface area contributed by atoms with Crippen molar-refractivity contribution in [3.8, 4) is 0 Å². The largest absolute Gasteiger partial charge is 0.444 e. The third kappa shape index (κ3) is 7.52. The molecule has 0 bridgehead atoms. The van der Waals surface area contributed by atoms with Gasteiger partial charge >= 0.3 is 6.09 Å². The summed E-state index contributed by atoms with van der Waals surface area (Å²) in [4.78, 5) is 54.5. The Bertz CT molecular complexity index is 1110. The SMILES string of the molecule is CC(C)(C)OC(=O)N[C@H]1CCCCC/C=C\[C@@H]2C[C@@]2(C(=O)NS(=O)(=O)C(C)(C)C)NC(=O)[C@@H]2CCCN2C1=O. The number of nitrogens with one attached hydrogen (secondary N) is 3. The lowest BCUT2D eigenvalue weighted by Gasteiger charge is -2.31. The Kier molecular flexibility index (Phi) is 9.08. The highest BCUT2D eigenvalue weighted by Gasteiger charge is 2.61. The summed E-state index contributed by atoms with van der Waals surface area (Å²) in [6.07, 6.45) is 7.88. The predicted molar refractivity (Wildman–Crippen MR) is 146 cm³/mol. The van der Waals surface area contributed by atoms with Crippen LogP contribution in [0.3, 0.4) is 0 Å². The lowest BCUT2D eigenvalue weighted by atomic mass is 10.0. The first-order valence-corrected chi connectivity index (χ1v) is 15.3. The molecule has 0 spiro atoms. The van der Waals surface area contributed by atoms with Crippen LogP contribution in [0.1, 0.15) is 92.9 Å². The zero-order valence-corrected chi connectivity index (χ0v) is 24.8. The molecule has 1 aliphatic carbocycles.